The summed E-state index contributed by atoms with van der Waals surface area (Å²) >= 11 is 1.68. The van der Waals surface area contributed by atoms with E-state index in [0.29, 0.717) is 5.82 Å². The van der Waals surface area contributed by atoms with Crippen LogP contribution in [0, 0.1) is 12.3 Å². The van der Waals surface area contributed by atoms with Crippen LogP contribution in [0.5, 0.6) is 0 Å². The number of thioether (sulfide) groups is 1. The summed E-state index contributed by atoms with van der Waals surface area (Å²) in [6.07, 6.45) is 2.85. The minimum atomic E-state index is -0.868. The fraction of sp³-hybridized carbons (Fsp3) is 0.481. The number of benzene rings is 2. The molecular weight excluding hydrogens is 458 g/mol. The number of carboxylic acids is 1. The molecule has 0 saturated carbocycles. The Morgan fingerprint density at radius 3 is 2.17 bits per heavy atom. The number of rotatable bonds is 10. The van der Waals surface area contributed by atoms with E-state index in [4.69, 9.17) is 0 Å². The highest BCUT2D eigenvalue weighted by molar-refractivity contribution is 7.98. The maximum absolute atomic E-state index is 11.8. The van der Waals surface area contributed by atoms with Crippen molar-refractivity contribution in [2.45, 2.75) is 76.9 Å². The second-order valence-corrected chi connectivity index (χ2v) is 11.8. The number of carboxylic acid groups (broad SMARTS) is 1. The van der Waals surface area contributed by atoms with Gasteiger partial charge >= 0.3 is 5.97 Å². The third-order valence-electron chi connectivity index (χ3n) is 5.96. The molecule has 0 spiro atoms. The molecule has 2 unspecified atom stereocenters. The Morgan fingerprint density at radius 2 is 1.63 bits per heavy atom. The maximum Gasteiger partial charge on any atom is 0.305 e. The number of carbonyl (C=O) groups is 1. The van der Waals surface area contributed by atoms with Crippen molar-refractivity contribution in [3.8, 4) is 0 Å². The van der Waals surface area contributed by atoms with Gasteiger partial charge in [0, 0.05) is 10.9 Å². The van der Waals surface area contributed by atoms with Crippen molar-refractivity contribution < 1.29 is 9.90 Å². The molecule has 2 atom stereocenters. The van der Waals surface area contributed by atoms with E-state index >= 15 is 0 Å². The second-order valence-electron chi connectivity index (χ2n) is 10.9. The Labute approximate surface area is 212 Å². The summed E-state index contributed by atoms with van der Waals surface area (Å²) in [4.78, 5) is 13.0. The molecule has 0 aliphatic rings. The largest absolute Gasteiger partial charge is 0.481 e. The second kappa shape index (κ2) is 10.9. The zero-order valence-corrected chi connectivity index (χ0v) is 22.6. The van der Waals surface area contributed by atoms with Gasteiger partial charge < -0.3 is 5.11 Å². The molecule has 0 fully saturated rings. The van der Waals surface area contributed by atoms with Crippen LogP contribution in [0.15, 0.2) is 53.4 Å². The highest BCUT2D eigenvalue weighted by atomic mass is 32.2. The zero-order valence-electron chi connectivity index (χ0n) is 21.7. The van der Waals surface area contributed by atoms with Crippen LogP contribution in [-0.2, 0) is 10.3 Å². The van der Waals surface area contributed by atoms with Crippen LogP contribution in [0.1, 0.15) is 82.1 Å². The van der Waals surface area contributed by atoms with Gasteiger partial charge in [0.05, 0.1) is 18.0 Å². The Balaban J connectivity index is 2.09. The molecule has 188 valence electrons. The summed E-state index contributed by atoms with van der Waals surface area (Å²) in [7, 11) is 0. The zero-order chi connectivity index (χ0) is 25.8. The number of tetrazole rings is 1. The molecule has 0 amide bonds. The van der Waals surface area contributed by atoms with Gasteiger partial charge in [-0.3, -0.25) is 10.1 Å². The summed E-state index contributed by atoms with van der Waals surface area (Å²) in [5, 5.41) is 26.2. The summed E-state index contributed by atoms with van der Waals surface area (Å²) in [5.41, 5.74) is 2.75. The van der Waals surface area contributed by atoms with Crippen molar-refractivity contribution in [3.05, 3.63) is 71.0 Å². The summed E-state index contributed by atoms with van der Waals surface area (Å²) in [6, 6.07) is 15.4. The van der Waals surface area contributed by atoms with Crippen molar-refractivity contribution in [2.24, 2.45) is 5.41 Å². The van der Waals surface area contributed by atoms with Gasteiger partial charge in [-0.25, -0.2) is 4.68 Å². The number of aromatic nitrogens is 4. The highest BCUT2D eigenvalue weighted by Crippen LogP contribution is 2.35. The van der Waals surface area contributed by atoms with E-state index in [-0.39, 0.29) is 17.4 Å². The quantitative estimate of drug-likeness (QED) is 0.345. The molecule has 8 heteroatoms. The van der Waals surface area contributed by atoms with Crippen molar-refractivity contribution in [1.29, 1.82) is 0 Å². The number of nitrogens with one attached hydrogen (secondary N) is 1. The lowest BCUT2D eigenvalue weighted by Gasteiger charge is -2.34. The molecule has 3 rings (SSSR count). The van der Waals surface area contributed by atoms with Crippen molar-refractivity contribution in [3.63, 3.8) is 0 Å². The highest BCUT2D eigenvalue weighted by Gasteiger charge is 2.34. The van der Waals surface area contributed by atoms with Crippen LogP contribution in [0.2, 0.25) is 0 Å². The van der Waals surface area contributed by atoms with Crippen LogP contribution in [0.4, 0.5) is 0 Å². The first kappa shape index (κ1) is 26.9. The number of nitrogens with zero attached hydrogens (tertiary/aromatic N) is 4. The SMILES string of the molecule is CSc1ccc(C(NC(CC(=O)O)c2ccc(C)cc2)c2nnnn2C(C)(C)CC(C)(C)C)cc1. The van der Waals surface area contributed by atoms with Crippen LogP contribution < -0.4 is 5.32 Å². The molecule has 0 aliphatic heterocycles. The van der Waals surface area contributed by atoms with Gasteiger partial charge in [-0.2, -0.15) is 0 Å². The molecule has 3 aromatic rings. The van der Waals surface area contributed by atoms with Crippen LogP contribution in [0.25, 0.3) is 0 Å². The first-order chi connectivity index (χ1) is 16.4. The third-order valence-corrected chi connectivity index (χ3v) is 6.71. The van der Waals surface area contributed by atoms with E-state index in [1.54, 1.807) is 11.8 Å². The molecule has 35 heavy (non-hydrogen) atoms. The molecule has 2 N–H and O–H groups in total. The monoisotopic (exact) mass is 495 g/mol. The molecule has 2 aromatic carbocycles. The lowest BCUT2D eigenvalue weighted by atomic mass is 9.81. The summed E-state index contributed by atoms with van der Waals surface area (Å²) < 4.78 is 1.89. The van der Waals surface area contributed by atoms with Crippen LogP contribution in [-0.4, -0.2) is 37.5 Å². The van der Waals surface area contributed by atoms with E-state index in [9.17, 15) is 9.90 Å². The Kier molecular flexibility index (Phi) is 8.38. The fourth-order valence-electron chi connectivity index (χ4n) is 4.74. The lowest BCUT2D eigenvalue weighted by molar-refractivity contribution is -0.137. The topological polar surface area (TPSA) is 92.9 Å². The van der Waals surface area contributed by atoms with Crippen LogP contribution >= 0.6 is 11.8 Å². The molecule has 0 aliphatic carbocycles. The average molecular weight is 496 g/mol. The first-order valence-electron chi connectivity index (χ1n) is 11.9. The van der Waals surface area contributed by atoms with Gasteiger partial charge in [0.25, 0.3) is 0 Å². The van der Waals surface area contributed by atoms with Gasteiger partial charge in [0.2, 0.25) is 0 Å². The minimum Gasteiger partial charge on any atom is -0.481 e. The van der Waals surface area contributed by atoms with Crippen LogP contribution in [0.3, 0.4) is 0 Å². The smallest absolute Gasteiger partial charge is 0.305 e. The fourth-order valence-corrected chi connectivity index (χ4v) is 5.15. The molecule has 0 saturated heterocycles. The van der Waals surface area contributed by atoms with E-state index < -0.39 is 18.1 Å². The van der Waals surface area contributed by atoms with E-state index in [1.165, 1.54) is 0 Å². The molecule has 1 aromatic heterocycles. The minimum absolute atomic E-state index is 0.0601. The molecule has 0 radical (unpaired) electrons. The van der Waals surface area contributed by atoms with Gasteiger partial charge in [-0.05, 0) is 72.5 Å². The predicted octanol–water partition coefficient (Wildman–Crippen LogP) is 5.77. The Morgan fingerprint density at radius 1 is 1.03 bits per heavy atom. The van der Waals surface area contributed by atoms with Gasteiger partial charge in [-0.15, -0.1) is 16.9 Å². The first-order valence-corrected chi connectivity index (χ1v) is 13.1. The lowest BCUT2D eigenvalue weighted by Crippen LogP contribution is -2.38. The van der Waals surface area contributed by atoms with Gasteiger partial charge in [-0.1, -0.05) is 62.7 Å². The molecule has 0 bridgehead atoms. The number of aliphatic carboxylic acids is 1. The molecule has 7 nitrogen and oxygen atoms in total. The van der Waals surface area contributed by atoms with Crippen molar-refractivity contribution in [1.82, 2.24) is 25.5 Å². The number of hydrogen-bond acceptors (Lipinski definition) is 6. The number of hydrogen-bond donors (Lipinski definition) is 2. The maximum atomic E-state index is 11.8. The molecular formula is C27H37N5O2S. The summed E-state index contributed by atoms with van der Waals surface area (Å²) in [6.45, 7) is 12.9. The van der Waals surface area contributed by atoms with E-state index in [2.05, 4.69) is 79.7 Å². The number of aryl methyl sites for hydroxylation is 1. The summed E-state index contributed by atoms with van der Waals surface area (Å²) in [5.74, 6) is -0.203. The van der Waals surface area contributed by atoms with Crippen molar-refractivity contribution in [2.75, 3.05) is 6.26 Å². The Hall–Kier alpha value is -2.71. The molecule has 1 heterocycles. The average Bonchev–Trinajstić information content (AvgIpc) is 3.26. The van der Waals surface area contributed by atoms with E-state index in [0.717, 1.165) is 28.0 Å². The third kappa shape index (κ3) is 7.15. The normalized spacial score (nSPS) is 14.0. The van der Waals surface area contributed by atoms with Crippen molar-refractivity contribution >= 4 is 17.7 Å². The van der Waals surface area contributed by atoms with Gasteiger partial charge in [0.1, 0.15) is 0 Å². The predicted molar refractivity (Wildman–Crippen MR) is 141 cm³/mol. The standard InChI is InChI=1S/C27H37N5O2S/c1-18-8-10-19(11-9-18)22(16-23(33)34)28-24(20-12-14-21(35-7)15-13-20)25-29-30-31-32(25)27(5,6)17-26(2,3)4/h8-15,22,24,28H,16-17H2,1-7H3,(H,33,34). The van der Waals surface area contributed by atoms with Gasteiger partial charge in [0.15, 0.2) is 5.82 Å². The van der Waals surface area contributed by atoms with E-state index in [1.807, 2.05) is 42.1 Å². The Bertz CT molecular complexity index is 1120.